The zero-order chi connectivity index (χ0) is 11.5. The van der Waals surface area contributed by atoms with Crippen LogP contribution in [0.5, 0.6) is 0 Å². The highest BCUT2D eigenvalue weighted by Crippen LogP contribution is 2.38. The fourth-order valence-electron chi connectivity index (χ4n) is 1.94. The molecule has 3 nitrogen and oxygen atoms in total. The minimum absolute atomic E-state index is 0.648. The first-order valence-corrected chi connectivity index (χ1v) is 6.27. The highest BCUT2D eigenvalue weighted by molar-refractivity contribution is 5.25. The van der Waals surface area contributed by atoms with Crippen LogP contribution in [-0.4, -0.2) is 16.5 Å². The first-order chi connectivity index (χ1) is 7.72. The van der Waals surface area contributed by atoms with Gasteiger partial charge in [0.1, 0.15) is 5.82 Å². The van der Waals surface area contributed by atoms with E-state index in [1.165, 1.54) is 24.8 Å². The van der Waals surface area contributed by atoms with E-state index in [0.29, 0.717) is 5.92 Å². The van der Waals surface area contributed by atoms with Gasteiger partial charge in [0.25, 0.3) is 0 Å². The van der Waals surface area contributed by atoms with Gasteiger partial charge in [-0.1, -0.05) is 6.92 Å². The van der Waals surface area contributed by atoms with Crippen molar-refractivity contribution in [3.8, 4) is 0 Å². The first-order valence-electron chi connectivity index (χ1n) is 6.27. The summed E-state index contributed by atoms with van der Waals surface area (Å²) in [6, 6.07) is 0. The molecule has 1 aliphatic carbocycles. The van der Waals surface area contributed by atoms with Gasteiger partial charge in [-0.05, 0) is 39.7 Å². The van der Waals surface area contributed by atoms with Crippen LogP contribution in [0.3, 0.4) is 0 Å². The smallest absolute Gasteiger partial charge is 0.131 e. The van der Waals surface area contributed by atoms with Crippen molar-refractivity contribution in [1.82, 2.24) is 15.3 Å². The van der Waals surface area contributed by atoms with Gasteiger partial charge in [0, 0.05) is 29.4 Å². The highest BCUT2D eigenvalue weighted by atomic mass is 14.9. The van der Waals surface area contributed by atoms with E-state index in [2.05, 4.69) is 36.1 Å². The second-order valence-corrected chi connectivity index (χ2v) is 4.68. The minimum Gasteiger partial charge on any atom is -0.313 e. The molecule has 0 amide bonds. The van der Waals surface area contributed by atoms with Gasteiger partial charge in [-0.25, -0.2) is 9.97 Å². The summed E-state index contributed by atoms with van der Waals surface area (Å²) in [5, 5.41) is 3.42. The van der Waals surface area contributed by atoms with Crippen LogP contribution in [0.4, 0.5) is 0 Å². The Balaban J connectivity index is 2.11. The van der Waals surface area contributed by atoms with E-state index in [-0.39, 0.29) is 0 Å². The molecule has 1 aromatic rings. The van der Waals surface area contributed by atoms with Gasteiger partial charge in [-0.3, -0.25) is 0 Å². The molecule has 1 heterocycles. The van der Waals surface area contributed by atoms with E-state index in [4.69, 9.17) is 0 Å². The third kappa shape index (κ3) is 2.59. The van der Waals surface area contributed by atoms with E-state index in [9.17, 15) is 0 Å². The molecule has 0 unspecified atom stereocenters. The average Bonchev–Trinajstić information content (AvgIpc) is 3.05. The Morgan fingerprint density at radius 2 is 1.81 bits per heavy atom. The molecular formula is C13H21N3. The van der Waals surface area contributed by atoms with Crippen LogP contribution < -0.4 is 5.32 Å². The lowest BCUT2D eigenvalue weighted by Gasteiger charge is -2.11. The van der Waals surface area contributed by atoms with Gasteiger partial charge in [-0.2, -0.15) is 0 Å². The molecule has 16 heavy (non-hydrogen) atoms. The Bertz CT molecular complexity index is 346. The van der Waals surface area contributed by atoms with Crippen LogP contribution >= 0.6 is 0 Å². The topological polar surface area (TPSA) is 37.8 Å². The molecule has 0 spiro atoms. The first kappa shape index (κ1) is 11.5. The molecule has 1 saturated carbocycles. The second kappa shape index (κ2) is 4.91. The Kier molecular flexibility index (Phi) is 3.54. The maximum Gasteiger partial charge on any atom is 0.131 e. The summed E-state index contributed by atoms with van der Waals surface area (Å²) >= 11 is 0. The van der Waals surface area contributed by atoms with Crippen molar-refractivity contribution in [3.05, 3.63) is 22.8 Å². The summed E-state index contributed by atoms with van der Waals surface area (Å²) in [7, 11) is 0. The van der Waals surface area contributed by atoms with Crippen molar-refractivity contribution in [3.63, 3.8) is 0 Å². The number of hydrogen-bond acceptors (Lipinski definition) is 3. The molecule has 0 radical (unpaired) electrons. The number of nitrogens with zero attached hydrogens (tertiary/aromatic N) is 2. The maximum atomic E-state index is 4.62. The molecule has 2 rings (SSSR count). The lowest BCUT2D eigenvalue weighted by molar-refractivity contribution is 0.662. The zero-order valence-electron chi connectivity index (χ0n) is 10.5. The highest BCUT2D eigenvalue weighted by Gasteiger charge is 2.27. The molecule has 1 fully saturated rings. The summed E-state index contributed by atoms with van der Waals surface area (Å²) in [4.78, 5) is 9.25. The van der Waals surface area contributed by atoms with E-state index in [1.807, 2.05) is 0 Å². The van der Waals surface area contributed by atoms with Gasteiger partial charge in [0.2, 0.25) is 0 Å². The Hall–Kier alpha value is -0.960. The lowest BCUT2D eigenvalue weighted by atomic mass is 10.1. The molecular weight excluding hydrogens is 198 g/mol. The molecule has 0 saturated heterocycles. The number of hydrogen-bond donors (Lipinski definition) is 1. The van der Waals surface area contributed by atoms with E-state index in [1.54, 1.807) is 0 Å². The third-order valence-electron chi connectivity index (χ3n) is 3.11. The van der Waals surface area contributed by atoms with Crippen LogP contribution in [0.25, 0.3) is 0 Å². The SMILES string of the molecule is CCCNCc1c(C)nc(C2CC2)nc1C. The molecule has 1 aliphatic rings. The largest absolute Gasteiger partial charge is 0.313 e. The molecule has 1 N–H and O–H groups in total. The van der Waals surface area contributed by atoms with Gasteiger partial charge >= 0.3 is 0 Å². The predicted molar refractivity (Wildman–Crippen MR) is 65.5 cm³/mol. The van der Waals surface area contributed by atoms with Crippen LogP contribution in [-0.2, 0) is 6.54 Å². The quantitative estimate of drug-likeness (QED) is 0.773. The number of nitrogens with one attached hydrogen (secondary N) is 1. The summed E-state index contributed by atoms with van der Waals surface area (Å²) in [6.07, 6.45) is 3.71. The third-order valence-corrected chi connectivity index (χ3v) is 3.11. The van der Waals surface area contributed by atoms with Crippen LogP contribution in [0, 0.1) is 13.8 Å². The van der Waals surface area contributed by atoms with Crippen molar-refractivity contribution in [1.29, 1.82) is 0 Å². The molecule has 88 valence electrons. The number of aromatic nitrogens is 2. The fourth-order valence-corrected chi connectivity index (χ4v) is 1.94. The lowest BCUT2D eigenvalue weighted by Crippen LogP contribution is -2.17. The monoisotopic (exact) mass is 219 g/mol. The predicted octanol–water partition coefficient (Wildman–Crippen LogP) is 2.47. The second-order valence-electron chi connectivity index (χ2n) is 4.68. The van der Waals surface area contributed by atoms with E-state index < -0.39 is 0 Å². The van der Waals surface area contributed by atoms with Crippen molar-refractivity contribution < 1.29 is 0 Å². The van der Waals surface area contributed by atoms with Crippen molar-refractivity contribution in [2.75, 3.05) is 6.54 Å². The molecule has 3 heteroatoms. The van der Waals surface area contributed by atoms with Crippen molar-refractivity contribution in [2.45, 2.75) is 52.5 Å². The van der Waals surface area contributed by atoms with Gasteiger partial charge in [0.15, 0.2) is 0 Å². The average molecular weight is 219 g/mol. The van der Waals surface area contributed by atoms with Gasteiger partial charge < -0.3 is 5.32 Å². The maximum absolute atomic E-state index is 4.62. The molecule has 1 aromatic heterocycles. The standard InChI is InChI=1S/C13H21N3/c1-4-7-14-8-12-9(2)15-13(11-5-6-11)16-10(12)3/h11,14H,4-8H2,1-3H3. The van der Waals surface area contributed by atoms with Crippen LogP contribution in [0.15, 0.2) is 0 Å². The van der Waals surface area contributed by atoms with Crippen molar-refractivity contribution in [2.24, 2.45) is 0 Å². The van der Waals surface area contributed by atoms with Gasteiger partial charge in [-0.15, -0.1) is 0 Å². The summed E-state index contributed by atoms with van der Waals surface area (Å²) in [5.74, 6) is 1.71. The Labute approximate surface area is 97.7 Å². The van der Waals surface area contributed by atoms with E-state index >= 15 is 0 Å². The zero-order valence-corrected chi connectivity index (χ0v) is 10.5. The summed E-state index contributed by atoms with van der Waals surface area (Å²) < 4.78 is 0. The molecule has 0 aliphatic heterocycles. The normalized spacial score (nSPS) is 15.4. The molecule has 0 aromatic carbocycles. The number of aryl methyl sites for hydroxylation is 2. The molecule has 0 atom stereocenters. The van der Waals surface area contributed by atoms with Crippen LogP contribution in [0.2, 0.25) is 0 Å². The summed E-state index contributed by atoms with van der Waals surface area (Å²) in [6.45, 7) is 8.34. The van der Waals surface area contributed by atoms with Crippen LogP contribution in [0.1, 0.15) is 54.9 Å². The Morgan fingerprint density at radius 3 is 2.31 bits per heavy atom. The van der Waals surface area contributed by atoms with E-state index in [0.717, 1.165) is 30.3 Å². The summed E-state index contributed by atoms with van der Waals surface area (Å²) in [5.41, 5.74) is 3.58. The van der Waals surface area contributed by atoms with Crippen molar-refractivity contribution >= 4 is 0 Å². The number of rotatable bonds is 5. The Morgan fingerprint density at radius 1 is 1.19 bits per heavy atom. The molecule has 0 bridgehead atoms. The minimum atomic E-state index is 0.648. The fraction of sp³-hybridized carbons (Fsp3) is 0.692. The van der Waals surface area contributed by atoms with Gasteiger partial charge in [0.05, 0.1) is 0 Å².